The number of ether oxygens (including phenoxy) is 1. The Kier molecular flexibility index (Phi) is 3.78. The van der Waals surface area contributed by atoms with Gasteiger partial charge in [0.25, 0.3) is 0 Å². The summed E-state index contributed by atoms with van der Waals surface area (Å²) in [6.45, 7) is 0. The van der Waals surface area contributed by atoms with Crippen LogP contribution in [0.2, 0.25) is 0 Å². The first-order chi connectivity index (χ1) is 8.85. The molecule has 2 aromatic rings. The molecule has 18 heavy (non-hydrogen) atoms. The van der Waals surface area contributed by atoms with Crippen molar-refractivity contribution >= 4 is 6.08 Å². The fourth-order valence-electron chi connectivity index (χ4n) is 1.77. The Hall–Kier alpha value is -2.53. The van der Waals surface area contributed by atoms with Gasteiger partial charge in [0, 0.05) is 0 Å². The summed E-state index contributed by atoms with van der Waals surface area (Å²) in [7, 11) is 1.60. The fourth-order valence-corrected chi connectivity index (χ4v) is 1.77. The van der Waals surface area contributed by atoms with E-state index >= 15 is 0 Å². The van der Waals surface area contributed by atoms with Crippen molar-refractivity contribution in [3.8, 4) is 17.2 Å². The van der Waals surface area contributed by atoms with Crippen molar-refractivity contribution in [3.05, 3.63) is 65.9 Å². The van der Waals surface area contributed by atoms with E-state index in [1.165, 1.54) is 0 Å². The van der Waals surface area contributed by atoms with E-state index < -0.39 is 0 Å². The summed E-state index contributed by atoms with van der Waals surface area (Å²) >= 11 is 0. The van der Waals surface area contributed by atoms with E-state index in [2.05, 4.69) is 6.07 Å². The van der Waals surface area contributed by atoms with Gasteiger partial charge in [-0.1, -0.05) is 42.5 Å². The minimum Gasteiger partial charge on any atom is -0.504 e. The van der Waals surface area contributed by atoms with Crippen LogP contribution in [0.3, 0.4) is 0 Å². The van der Waals surface area contributed by atoms with Gasteiger partial charge in [0.1, 0.15) is 0 Å². The Morgan fingerprint density at radius 3 is 2.56 bits per heavy atom. The van der Waals surface area contributed by atoms with Gasteiger partial charge in [0.05, 0.1) is 25.0 Å². The molecule has 0 amide bonds. The Bertz CT molecular complexity index is 594. The predicted molar refractivity (Wildman–Crippen MR) is 72.6 cm³/mol. The molecule has 2 nitrogen and oxygen atoms in total. The maximum absolute atomic E-state index is 9.22. The van der Waals surface area contributed by atoms with Crippen molar-refractivity contribution in [3.63, 3.8) is 0 Å². The Labute approximate surface area is 107 Å². The topological polar surface area (TPSA) is 33.0 Å². The van der Waals surface area contributed by atoms with Crippen LogP contribution in [-0.2, 0) is 4.74 Å². The van der Waals surface area contributed by atoms with E-state index in [9.17, 15) is 5.26 Å². The third kappa shape index (κ3) is 2.58. The smallest absolute Gasteiger partial charge is 0.0998 e. The van der Waals surface area contributed by atoms with Crippen LogP contribution in [0.4, 0.5) is 0 Å². The normalized spacial score (nSPS) is 10.2. The maximum atomic E-state index is 9.22. The monoisotopic (exact) mass is 235 g/mol. The van der Waals surface area contributed by atoms with E-state index in [-0.39, 0.29) is 0 Å². The van der Waals surface area contributed by atoms with Crippen LogP contribution in [0, 0.1) is 11.3 Å². The van der Waals surface area contributed by atoms with E-state index in [0.29, 0.717) is 5.56 Å². The molecular weight excluding hydrogens is 222 g/mol. The van der Waals surface area contributed by atoms with Crippen molar-refractivity contribution < 1.29 is 4.74 Å². The number of methoxy groups -OCH3 is 1. The molecular formula is C16H13NO. The number of nitrogens with zero attached hydrogens (tertiary/aromatic N) is 1. The molecule has 0 bridgehead atoms. The van der Waals surface area contributed by atoms with Crippen LogP contribution in [0.1, 0.15) is 11.1 Å². The second-order valence-corrected chi connectivity index (χ2v) is 3.82. The molecule has 0 fully saturated rings. The fraction of sp³-hybridized carbons (Fsp3) is 0.0625. The number of benzene rings is 2. The Morgan fingerprint density at radius 1 is 1.11 bits per heavy atom. The number of hydrogen-bond acceptors (Lipinski definition) is 2. The highest BCUT2D eigenvalue weighted by Crippen LogP contribution is 2.24. The summed E-state index contributed by atoms with van der Waals surface area (Å²) in [5.74, 6) is 0. The van der Waals surface area contributed by atoms with E-state index in [1.54, 1.807) is 13.4 Å². The van der Waals surface area contributed by atoms with Gasteiger partial charge >= 0.3 is 0 Å². The van der Waals surface area contributed by atoms with Gasteiger partial charge in [-0.2, -0.15) is 5.26 Å². The standard InChI is InChI=1S/C16H13NO/c1-18-10-9-13-7-8-16(15(11-13)12-17)14-5-3-2-4-6-14/h2-11H,1H3. The Balaban J connectivity index is 2.45. The lowest BCUT2D eigenvalue weighted by Gasteiger charge is -2.05. The molecule has 0 atom stereocenters. The third-order valence-electron chi connectivity index (χ3n) is 2.65. The van der Waals surface area contributed by atoms with Gasteiger partial charge in [0.2, 0.25) is 0 Å². The largest absolute Gasteiger partial charge is 0.504 e. The molecule has 0 saturated carbocycles. The average molecular weight is 235 g/mol. The average Bonchev–Trinajstić information content (AvgIpc) is 2.45. The molecule has 0 aliphatic carbocycles. The van der Waals surface area contributed by atoms with Gasteiger partial charge < -0.3 is 4.74 Å². The molecule has 88 valence electrons. The zero-order valence-corrected chi connectivity index (χ0v) is 10.1. The first-order valence-corrected chi connectivity index (χ1v) is 5.64. The van der Waals surface area contributed by atoms with Gasteiger partial charge in [-0.25, -0.2) is 0 Å². The third-order valence-corrected chi connectivity index (χ3v) is 2.65. The first kappa shape index (κ1) is 11.9. The van der Waals surface area contributed by atoms with Crippen molar-refractivity contribution in [2.75, 3.05) is 7.11 Å². The first-order valence-electron chi connectivity index (χ1n) is 5.64. The van der Waals surface area contributed by atoms with Crippen LogP contribution in [0.25, 0.3) is 17.2 Å². The van der Waals surface area contributed by atoms with E-state index in [4.69, 9.17) is 4.74 Å². The molecule has 2 aromatic carbocycles. The maximum Gasteiger partial charge on any atom is 0.0998 e. The quantitative estimate of drug-likeness (QED) is 0.757. The summed E-state index contributed by atoms with van der Waals surface area (Å²) < 4.78 is 4.87. The Morgan fingerprint density at radius 2 is 1.89 bits per heavy atom. The SMILES string of the molecule is COC=Cc1ccc(-c2ccccc2)c(C#N)c1. The lowest BCUT2D eigenvalue weighted by molar-refractivity contribution is 0.341. The highest BCUT2D eigenvalue weighted by atomic mass is 16.5. The zero-order valence-electron chi connectivity index (χ0n) is 10.1. The molecule has 0 unspecified atom stereocenters. The van der Waals surface area contributed by atoms with Crippen LogP contribution in [-0.4, -0.2) is 7.11 Å². The lowest BCUT2D eigenvalue weighted by Crippen LogP contribution is -1.85. The molecule has 0 aromatic heterocycles. The van der Waals surface area contributed by atoms with Crippen LogP contribution in [0.5, 0.6) is 0 Å². The molecule has 0 N–H and O–H groups in total. The lowest BCUT2D eigenvalue weighted by atomic mass is 9.98. The van der Waals surface area contributed by atoms with Crippen molar-refractivity contribution in [1.29, 1.82) is 5.26 Å². The second-order valence-electron chi connectivity index (χ2n) is 3.82. The number of nitriles is 1. The summed E-state index contributed by atoms with van der Waals surface area (Å²) in [4.78, 5) is 0. The predicted octanol–water partition coefficient (Wildman–Crippen LogP) is 3.84. The van der Waals surface area contributed by atoms with Gasteiger partial charge in [-0.05, 0) is 28.8 Å². The molecule has 2 heteroatoms. The minimum atomic E-state index is 0.666. The van der Waals surface area contributed by atoms with Gasteiger partial charge in [-0.15, -0.1) is 0 Å². The molecule has 0 aliphatic heterocycles. The number of hydrogen-bond donors (Lipinski definition) is 0. The van der Waals surface area contributed by atoms with Crippen molar-refractivity contribution in [2.45, 2.75) is 0 Å². The molecule has 2 rings (SSSR count). The summed E-state index contributed by atoms with van der Waals surface area (Å²) in [6, 6.07) is 17.9. The summed E-state index contributed by atoms with van der Waals surface area (Å²) in [5.41, 5.74) is 3.62. The molecule has 0 spiro atoms. The summed E-state index contributed by atoms with van der Waals surface area (Å²) in [6.07, 6.45) is 3.42. The van der Waals surface area contributed by atoms with Crippen LogP contribution < -0.4 is 0 Å². The summed E-state index contributed by atoms with van der Waals surface area (Å²) in [5, 5.41) is 9.22. The zero-order chi connectivity index (χ0) is 12.8. The van der Waals surface area contributed by atoms with E-state index in [1.807, 2.05) is 54.6 Å². The van der Waals surface area contributed by atoms with Crippen molar-refractivity contribution in [1.82, 2.24) is 0 Å². The highest BCUT2D eigenvalue weighted by Gasteiger charge is 2.04. The van der Waals surface area contributed by atoms with E-state index in [0.717, 1.165) is 16.7 Å². The second kappa shape index (κ2) is 5.70. The van der Waals surface area contributed by atoms with Crippen LogP contribution >= 0.6 is 0 Å². The van der Waals surface area contributed by atoms with Crippen molar-refractivity contribution in [2.24, 2.45) is 0 Å². The van der Waals surface area contributed by atoms with Gasteiger partial charge in [0.15, 0.2) is 0 Å². The van der Waals surface area contributed by atoms with Gasteiger partial charge in [-0.3, -0.25) is 0 Å². The number of rotatable bonds is 3. The molecule has 0 saturated heterocycles. The molecule has 0 radical (unpaired) electrons. The molecule has 0 aliphatic rings. The highest BCUT2D eigenvalue weighted by molar-refractivity contribution is 5.72. The minimum absolute atomic E-state index is 0.666. The molecule has 0 heterocycles. The van der Waals surface area contributed by atoms with Crippen LogP contribution in [0.15, 0.2) is 54.8 Å².